The fourth-order valence-corrected chi connectivity index (χ4v) is 1.73. The van der Waals surface area contributed by atoms with E-state index in [0.717, 1.165) is 0 Å². The number of hydrogen-bond donors (Lipinski definition) is 0. The third-order valence-corrected chi connectivity index (χ3v) is 2.28. The third-order valence-electron chi connectivity index (χ3n) is 0.760. The molecule has 0 atom stereocenters. The summed E-state index contributed by atoms with van der Waals surface area (Å²) in [5.41, 5.74) is 1.00. The van der Waals surface area contributed by atoms with Crippen LogP contribution in [0.15, 0.2) is 22.0 Å². The largest absolute Gasteiger partial charge is 2.00 e. The van der Waals surface area contributed by atoms with E-state index in [1.54, 1.807) is 27.7 Å². The van der Waals surface area contributed by atoms with Crippen LogP contribution in [0.5, 0.6) is 0 Å². The minimum atomic E-state index is -4.14. The molecule has 96 valence electrons. The van der Waals surface area contributed by atoms with Gasteiger partial charge in [0.25, 0.3) is 0 Å². The van der Waals surface area contributed by atoms with Crippen molar-refractivity contribution in [3.05, 3.63) is 22.0 Å². The zero-order valence-corrected chi connectivity index (χ0v) is 14.0. The molecule has 0 N–H and O–H groups in total. The van der Waals surface area contributed by atoms with Gasteiger partial charge in [-0.15, -0.1) is 0 Å². The Balaban J connectivity index is -0.000000218. The van der Waals surface area contributed by atoms with Crippen molar-refractivity contribution >= 4 is 58.0 Å². The van der Waals surface area contributed by atoms with E-state index in [0.29, 0.717) is 22.0 Å². The van der Waals surface area contributed by atoms with E-state index in [1.807, 2.05) is 0 Å². The SMILES string of the molecule is CC(C)=CS(=O)(=O)[O-].CC(C)=CS(=O)(=O)[O-].[Ca+2]. The second-order valence-corrected chi connectivity index (χ2v) is 5.82. The van der Waals surface area contributed by atoms with Crippen molar-refractivity contribution in [2.75, 3.05) is 0 Å². The van der Waals surface area contributed by atoms with Crippen LogP contribution in [-0.4, -0.2) is 63.7 Å². The second-order valence-electron chi connectivity index (χ2n) is 3.38. The van der Waals surface area contributed by atoms with Crippen LogP contribution < -0.4 is 0 Å². The van der Waals surface area contributed by atoms with Gasteiger partial charge in [0.15, 0.2) is 0 Å². The van der Waals surface area contributed by atoms with Gasteiger partial charge in [-0.2, -0.15) is 0 Å². The summed E-state index contributed by atoms with van der Waals surface area (Å²) in [6.45, 7) is 6.20. The molecule has 0 saturated carbocycles. The first-order valence-corrected chi connectivity index (χ1v) is 6.99. The summed E-state index contributed by atoms with van der Waals surface area (Å²) in [4.78, 5) is 0. The van der Waals surface area contributed by atoms with E-state index < -0.39 is 20.2 Å². The van der Waals surface area contributed by atoms with Gasteiger partial charge in [0.1, 0.15) is 20.2 Å². The van der Waals surface area contributed by atoms with Gasteiger partial charge in [0, 0.05) is 10.8 Å². The Morgan fingerprint density at radius 3 is 0.941 bits per heavy atom. The Bertz CT molecular complexity index is 418. The normalized spacial score (nSPS) is 10.2. The molecule has 0 aliphatic heterocycles. The first-order chi connectivity index (χ1) is 6.83. The summed E-state index contributed by atoms with van der Waals surface area (Å²) in [6, 6.07) is 0. The van der Waals surface area contributed by atoms with Gasteiger partial charge in [-0.25, -0.2) is 16.8 Å². The van der Waals surface area contributed by atoms with Crippen molar-refractivity contribution in [1.82, 2.24) is 0 Å². The zero-order valence-electron chi connectivity index (χ0n) is 10.1. The summed E-state index contributed by atoms with van der Waals surface area (Å²) in [5.74, 6) is 0. The van der Waals surface area contributed by atoms with Crippen LogP contribution in [0.1, 0.15) is 27.7 Å². The van der Waals surface area contributed by atoms with E-state index >= 15 is 0 Å². The molecule has 9 heteroatoms. The Labute approximate surface area is 132 Å². The molecule has 0 aliphatic rings. The molecule has 0 rings (SSSR count). The van der Waals surface area contributed by atoms with Gasteiger partial charge >= 0.3 is 37.7 Å². The maximum atomic E-state index is 9.81. The Morgan fingerprint density at radius 1 is 0.765 bits per heavy atom. The molecule has 0 aromatic rings. The van der Waals surface area contributed by atoms with Crippen LogP contribution in [0.3, 0.4) is 0 Å². The first kappa shape index (κ1) is 22.7. The zero-order chi connectivity index (χ0) is 13.6. The topological polar surface area (TPSA) is 114 Å². The minimum absolute atomic E-state index is 0. The molecule has 0 radical (unpaired) electrons. The van der Waals surface area contributed by atoms with Gasteiger partial charge in [0.2, 0.25) is 0 Å². The number of rotatable bonds is 2. The third kappa shape index (κ3) is 31.5. The van der Waals surface area contributed by atoms with Crippen molar-refractivity contribution in [3.63, 3.8) is 0 Å². The summed E-state index contributed by atoms with van der Waals surface area (Å²) in [5, 5.41) is 1.38. The van der Waals surface area contributed by atoms with Crippen LogP contribution in [0.4, 0.5) is 0 Å². The maximum Gasteiger partial charge on any atom is 2.00 e. The quantitative estimate of drug-likeness (QED) is 0.543. The van der Waals surface area contributed by atoms with Gasteiger partial charge in [-0.1, -0.05) is 11.1 Å². The summed E-state index contributed by atoms with van der Waals surface area (Å²) in [6.07, 6.45) is 0. The van der Waals surface area contributed by atoms with Crippen LogP contribution in [0, 0.1) is 0 Å². The van der Waals surface area contributed by atoms with Gasteiger partial charge in [-0.3, -0.25) is 0 Å². The van der Waals surface area contributed by atoms with Crippen molar-refractivity contribution in [3.8, 4) is 0 Å². The van der Waals surface area contributed by atoms with E-state index in [-0.39, 0.29) is 37.7 Å². The van der Waals surface area contributed by atoms with E-state index in [2.05, 4.69) is 0 Å². The van der Waals surface area contributed by atoms with Gasteiger partial charge < -0.3 is 9.11 Å². The molecule has 0 amide bonds. The standard InChI is InChI=1S/2C4H8O3S.Ca/c2*1-4(2)3-8(5,6)7;/h2*3H,1-2H3,(H,5,6,7);/q;;+2/p-2. The molecule has 0 aromatic heterocycles. The molecule has 0 aromatic carbocycles. The molecule has 0 bridgehead atoms. The van der Waals surface area contributed by atoms with Crippen LogP contribution >= 0.6 is 0 Å². The summed E-state index contributed by atoms with van der Waals surface area (Å²) >= 11 is 0. The van der Waals surface area contributed by atoms with Crippen molar-refractivity contribution in [2.45, 2.75) is 27.7 Å². The Kier molecular flexibility index (Phi) is 12.7. The predicted octanol–water partition coefficient (Wildman–Crippen LogP) is 0.530. The molecular formula is C8H14CaO6S2. The molecule has 0 aliphatic carbocycles. The number of hydrogen-bond acceptors (Lipinski definition) is 6. The molecule has 0 fully saturated rings. The average Bonchev–Trinajstić information content (AvgIpc) is 1.72. The van der Waals surface area contributed by atoms with Crippen molar-refractivity contribution in [1.29, 1.82) is 0 Å². The maximum absolute atomic E-state index is 9.81. The second kappa shape index (κ2) is 9.48. The van der Waals surface area contributed by atoms with E-state index in [9.17, 15) is 25.9 Å². The summed E-state index contributed by atoms with van der Waals surface area (Å²) < 4.78 is 58.9. The molecule has 6 nitrogen and oxygen atoms in total. The van der Waals surface area contributed by atoms with Gasteiger partial charge in [0.05, 0.1) is 0 Å². The van der Waals surface area contributed by atoms with Crippen LogP contribution in [0.25, 0.3) is 0 Å². The van der Waals surface area contributed by atoms with Crippen LogP contribution in [-0.2, 0) is 20.2 Å². The summed E-state index contributed by atoms with van der Waals surface area (Å²) in [7, 11) is -8.27. The van der Waals surface area contributed by atoms with E-state index in [1.165, 1.54) is 0 Å². The Hall–Kier alpha value is 0.560. The fourth-order valence-electron chi connectivity index (χ4n) is 0.577. The van der Waals surface area contributed by atoms with E-state index in [4.69, 9.17) is 0 Å². The first-order valence-electron chi connectivity index (χ1n) is 4.05. The number of allylic oxidation sites excluding steroid dienone is 2. The molecule has 17 heavy (non-hydrogen) atoms. The van der Waals surface area contributed by atoms with Gasteiger partial charge in [-0.05, 0) is 27.7 Å². The predicted molar refractivity (Wildman–Crippen MR) is 64.0 cm³/mol. The molecule has 0 unspecified atom stereocenters. The average molecular weight is 310 g/mol. The van der Waals surface area contributed by atoms with Crippen LogP contribution in [0.2, 0.25) is 0 Å². The molecular weight excluding hydrogens is 296 g/mol. The monoisotopic (exact) mass is 310 g/mol. The fraction of sp³-hybridized carbons (Fsp3) is 0.500. The minimum Gasteiger partial charge on any atom is -0.744 e. The van der Waals surface area contributed by atoms with Crippen molar-refractivity contribution < 1.29 is 25.9 Å². The molecule has 0 heterocycles. The molecule has 0 spiro atoms. The van der Waals surface area contributed by atoms with Crippen molar-refractivity contribution in [2.24, 2.45) is 0 Å². The molecule has 0 saturated heterocycles. The Morgan fingerprint density at radius 2 is 0.941 bits per heavy atom. The smallest absolute Gasteiger partial charge is 0.744 e.